The maximum atomic E-state index is 5.69. The molecule has 0 saturated carbocycles. The molecule has 6 heteroatoms. The Bertz CT molecular complexity index is 554. The fraction of sp³-hybridized carbons (Fsp3) is 0.429. The number of methoxy groups -OCH3 is 1. The van der Waals surface area contributed by atoms with E-state index in [0.29, 0.717) is 24.0 Å². The van der Waals surface area contributed by atoms with E-state index in [1.807, 2.05) is 12.1 Å². The first-order chi connectivity index (χ1) is 9.76. The number of aryl methyl sites for hydroxylation is 1. The van der Waals surface area contributed by atoms with Crippen molar-refractivity contribution in [1.82, 2.24) is 10.1 Å². The zero-order valence-electron chi connectivity index (χ0n) is 11.8. The summed E-state index contributed by atoms with van der Waals surface area (Å²) in [5.41, 5.74) is 6.58. The van der Waals surface area contributed by atoms with Gasteiger partial charge < -0.3 is 19.7 Å². The summed E-state index contributed by atoms with van der Waals surface area (Å²) < 4.78 is 16.0. The molecule has 0 aliphatic heterocycles. The van der Waals surface area contributed by atoms with E-state index in [-0.39, 0.29) is 6.61 Å². The Morgan fingerprint density at radius 3 is 2.90 bits per heavy atom. The minimum atomic E-state index is 0.219. The van der Waals surface area contributed by atoms with Crippen LogP contribution >= 0.6 is 0 Å². The van der Waals surface area contributed by atoms with Gasteiger partial charge in [0.1, 0.15) is 11.5 Å². The summed E-state index contributed by atoms with van der Waals surface area (Å²) in [5.74, 6) is 2.55. The van der Waals surface area contributed by atoms with Gasteiger partial charge in [0, 0.05) is 24.6 Å². The van der Waals surface area contributed by atoms with Gasteiger partial charge in [-0.25, -0.2) is 0 Å². The Kier molecular flexibility index (Phi) is 4.95. The number of nitrogens with zero attached hydrogens (tertiary/aromatic N) is 2. The fourth-order valence-electron chi connectivity index (χ4n) is 1.78. The first-order valence-electron chi connectivity index (χ1n) is 6.58. The number of benzene rings is 1. The first kappa shape index (κ1) is 14.3. The smallest absolute Gasteiger partial charge is 0.264 e. The van der Waals surface area contributed by atoms with Gasteiger partial charge in [-0.2, -0.15) is 4.98 Å². The summed E-state index contributed by atoms with van der Waals surface area (Å²) in [6, 6.07) is 5.52. The van der Waals surface area contributed by atoms with Crippen LogP contribution in [0.3, 0.4) is 0 Å². The van der Waals surface area contributed by atoms with E-state index in [9.17, 15) is 0 Å². The Labute approximate surface area is 117 Å². The van der Waals surface area contributed by atoms with Crippen LogP contribution in [0.4, 0.5) is 0 Å². The molecule has 0 fully saturated rings. The highest BCUT2D eigenvalue weighted by atomic mass is 16.5. The van der Waals surface area contributed by atoms with E-state index < -0.39 is 0 Å². The van der Waals surface area contributed by atoms with E-state index in [2.05, 4.69) is 17.1 Å². The first-order valence-corrected chi connectivity index (χ1v) is 6.58. The van der Waals surface area contributed by atoms with Gasteiger partial charge in [0.05, 0.1) is 7.11 Å². The molecule has 0 saturated heterocycles. The summed E-state index contributed by atoms with van der Waals surface area (Å²) in [4.78, 5) is 4.25. The van der Waals surface area contributed by atoms with Crippen molar-refractivity contribution in [1.29, 1.82) is 0 Å². The molecule has 1 aromatic carbocycles. The monoisotopic (exact) mass is 277 g/mol. The van der Waals surface area contributed by atoms with Crippen LogP contribution in [0.2, 0.25) is 0 Å². The van der Waals surface area contributed by atoms with Crippen LogP contribution in [-0.4, -0.2) is 17.3 Å². The zero-order chi connectivity index (χ0) is 14.4. The molecule has 0 bridgehead atoms. The number of rotatable bonds is 7. The van der Waals surface area contributed by atoms with E-state index >= 15 is 0 Å². The number of aromatic nitrogens is 2. The van der Waals surface area contributed by atoms with Crippen molar-refractivity contribution in [3.05, 3.63) is 35.5 Å². The lowest BCUT2D eigenvalue weighted by atomic mass is 10.2. The Hall–Kier alpha value is -2.08. The summed E-state index contributed by atoms with van der Waals surface area (Å²) in [5, 5.41) is 3.88. The minimum absolute atomic E-state index is 0.219. The van der Waals surface area contributed by atoms with E-state index in [4.69, 9.17) is 19.7 Å². The molecule has 0 radical (unpaired) electrons. The van der Waals surface area contributed by atoms with Crippen LogP contribution in [0, 0.1) is 0 Å². The summed E-state index contributed by atoms with van der Waals surface area (Å²) in [6.07, 6.45) is 1.78. The molecule has 0 aliphatic rings. The maximum absolute atomic E-state index is 5.69. The van der Waals surface area contributed by atoms with Crippen molar-refractivity contribution in [2.45, 2.75) is 32.9 Å². The summed E-state index contributed by atoms with van der Waals surface area (Å²) >= 11 is 0. The molecule has 2 N–H and O–H groups in total. The fourth-order valence-corrected chi connectivity index (χ4v) is 1.78. The van der Waals surface area contributed by atoms with Gasteiger partial charge in [-0.05, 0) is 12.5 Å². The molecule has 2 aromatic rings. The standard InChI is InChI=1S/C14H19N3O3/c1-3-4-13-16-14(20-17-13)9-19-12-7-11(18-2)6-5-10(12)8-15/h5-7H,3-4,8-9,15H2,1-2H3. The Morgan fingerprint density at radius 1 is 1.35 bits per heavy atom. The topological polar surface area (TPSA) is 83.4 Å². The summed E-state index contributed by atoms with van der Waals surface area (Å²) in [6.45, 7) is 2.68. The van der Waals surface area contributed by atoms with Crippen LogP contribution in [-0.2, 0) is 19.6 Å². The highest BCUT2D eigenvalue weighted by Gasteiger charge is 2.09. The molecule has 0 amide bonds. The molecule has 6 nitrogen and oxygen atoms in total. The van der Waals surface area contributed by atoms with Crippen LogP contribution in [0.1, 0.15) is 30.6 Å². The highest BCUT2D eigenvalue weighted by Crippen LogP contribution is 2.25. The number of nitrogens with two attached hydrogens (primary N) is 1. The van der Waals surface area contributed by atoms with Crippen molar-refractivity contribution < 1.29 is 14.0 Å². The van der Waals surface area contributed by atoms with Gasteiger partial charge in [0.15, 0.2) is 12.4 Å². The van der Waals surface area contributed by atoms with Crippen LogP contribution in [0.5, 0.6) is 11.5 Å². The van der Waals surface area contributed by atoms with E-state index in [1.54, 1.807) is 13.2 Å². The third-order valence-corrected chi connectivity index (χ3v) is 2.83. The molecule has 108 valence electrons. The number of ether oxygens (including phenoxy) is 2. The lowest BCUT2D eigenvalue weighted by Gasteiger charge is -2.10. The van der Waals surface area contributed by atoms with E-state index in [0.717, 1.165) is 24.2 Å². The largest absolute Gasteiger partial charge is 0.497 e. The quantitative estimate of drug-likeness (QED) is 0.834. The van der Waals surface area contributed by atoms with Crippen molar-refractivity contribution >= 4 is 0 Å². The normalized spacial score (nSPS) is 10.6. The molecular weight excluding hydrogens is 258 g/mol. The third-order valence-electron chi connectivity index (χ3n) is 2.83. The van der Waals surface area contributed by atoms with Crippen molar-refractivity contribution in [2.75, 3.05) is 7.11 Å². The van der Waals surface area contributed by atoms with Gasteiger partial charge in [-0.1, -0.05) is 18.1 Å². The SMILES string of the molecule is CCCc1noc(COc2cc(OC)ccc2CN)n1. The molecule has 2 rings (SSSR count). The van der Waals surface area contributed by atoms with Crippen LogP contribution in [0.15, 0.2) is 22.7 Å². The van der Waals surface area contributed by atoms with Gasteiger partial charge >= 0.3 is 0 Å². The molecule has 20 heavy (non-hydrogen) atoms. The molecule has 0 aliphatic carbocycles. The lowest BCUT2D eigenvalue weighted by Crippen LogP contribution is -2.03. The molecule has 0 unspecified atom stereocenters. The van der Waals surface area contributed by atoms with Crippen molar-refractivity contribution in [2.24, 2.45) is 5.73 Å². The second-order valence-electron chi connectivity index (χ2n) is 4.32. The second-order valence-corrected chi connectivity index (χ2v) is 4.32. The van der Waals surface area contributed by atoms with E-state index in [1.165, 1.54) is 0 Å². The second kappa shape index (κ2) is 6.91. The molecule has 1 aromatic heterocycles. The highest BCUT2D eigenvalue weighted by molar-refractivity contribution is 5.40. The average molecular weight is 277 g/mol. The predicted octanol–water partition coefficient (Wildman–Crippen LogP) is 2.07. The molecule has 0 spiro atoms. The van der Waals surface area contributed by atoms with Crippen LogP contribution < -0.4 is 15.2 Å². The van der Waals surface area contributed by atoms with Crippen molar-refractivity contribution in [3.8, 4) is 11.5 Å². The van der Waals surface area contributed by atoms with Crippen LogP contribution in [0.25, 0.3) is 0 Å². The number of hydrogen-bond donors (Lipinski definition) is 1. The summed E-state index contributed by atoms with van der Waals surface area (Å²) in [7, 11) is 1.61. The van der Waals surface area contributed by atoms with Gasteiger partial charge in [-0.3, -0.25) is 0 Å². The maximum Gasteiger partial charge on any atom is 0.264 e. The predicted molar refractivity (Wildman–Crippen MR) is 73.5 cm³/mol. The zero-order valence-corrected chi connectivity index (χ0v) is 11.8. The average Bonchev–Trinajstić information content (AvgIpc) is 2.93. The van der Waals surface area contributed by atoms with Gasteiger partial charge in [0.25, 0.3) is 5.89 Å². The minimum Gasteiger partial charge on any atom is -0.497 e. The number of hydrogen-bond acceptors (Lipinski definition) is 6. The van der Waals surface area contributed by atoms with Crippen molar-refractivity contribution in [3.63, 3.8) is 0 Å². The lowest BCUT2D eigenvalue weighted by molar-refractivity contribution is 0.239. The molecule has 1 heterocycles. The molecule has 0 atom stereocenters. The molecular formula is C14H19N3O3. The Morgan fingerprint density at radius 2 is 2.20 bits per heavy atom. The third kappa shape index (κ3) is 3.48. The van der Waals surface area contributed by atoms with Gasteiger partial charge in [-0.15, -0.1) is 0 Å². The Balaban J connectivity index is 2.05. The van der Waals surface area contributed by atoms with Gasteiger partial charge in [0.2, 0.25) is 0 Å².